The predicted octanol–water partition coefficient (Wildman–Crippen LogP) is 3.48. The molecule has 0 bridgehead atoms. The third-order valence-electron chi connectivity index (χ3n) is 2.42. The van der Waals surface area contributed by atoms with Gasteiger partial charge in [0, 0.05) is 9.86 Å². The van der Waals surface area contributed by atoms with E-state index in [4.69, 9.17) is 9.84 Å². The zero-order chi connectivity index (χ0) is 13.1. The number of aromatic carboxylic acids is 1. The van der Waals surface area contributed by atoms with Crippen LogP contribution in [0.2, 0.25) is 0 Å². The van der Waals surface area contributed by atoms with Crippen molar-refractivity contribution in [3.63, 3.8) is 0 Å². The Balaban J connectivity index is 2.57. The molecule has 1 heterocycles. The Hall–Kier alpha value is -1.62. The molecule has 18 heavy (non-hydrogen) atoms. The van der Waals surface area contributed by atoms with Crippen LogP contribution in [0.15, 0.2) is 28.7 Å². The smallest absolute Gasteiger partial charge is 0.341 e. The van der Waals surface area contributed by atoms with Crippen LogP contribution in [0.4, 0.5) is 0 Å². The average molecular weight is 310 g/mol. The van der Waals surface area contributed by atoms with E-state index in [0.717, 1.165) is 16.3 Å². The number of halogens is 1. The van der Waals surface area contributed by atoms with E-state index < -0.39 is 5.97 Å². The third kappa shape index (κ3) is 2.61. The van der Waals surface area contributed by atoms with E-state index in [2.05, 4.69) is 20.9 Å². The topological polar surface area (TPSA) is 59.4 Å². The number of rotatable bonds is 4. The highest BCUT2D eigenvalue weighted by Crippen LogP contribution is 2.25. The molecule has 0 spiro atoms. The number of ether oxygens (including phenoxy) is 1. The molecule has 0 aliphatic carbocycles. The van der Waals surface area contributed by atoms with Crippen LogP contribution in [0.1, 0.15) is 23.7 Å². The van der Waals surface area contributed by atoms with Crippen LogP contribution < -0.4 is 4.74 Å². The molecule has 0 saturated carbocycles. The average Bonchev–Trinajstić information content (AvgIpc) is 2.35. The summed E-state index contributed by atoms with van der Waals surface area (Å²) >= 11 is 3.35. The SMILES string of the molecule is CCCOc1nc2ccc(Br)cc2cc1C(=O)O. The Morgan fingerprint density at radius 1 is 1.44 bits per heavy atom. The fourth-order valence-corrected chi connectivity index (χ4v) is 1.97. The van der Waals surface area contributed by atoms with Crippen molar-refractivity contribution in [1.29, 1.82) is 0 Å². The quantitative estimate of drug-likeness (QED) is 0.939. The van der Waals surface area contributed by atoms with Crippen LogP contribution in [0, 0.1) is 0 Å². The molecule has 0 unspecified atom stereocenters. The lowest BCUT2D eigenvalue weighted by Gasteiger charge is -2.08. The Labute approximate surface area is 113 Å². The standard InChI is InChI=1S/C13H12BrNO3/c1-2-5-18-12-10(13(16)17)7-8-6-9(14)3-4-11(8)15-12/h3-4,6-7H,2,5H2,1H3,(H,16,17). The lowest BCUT2D eigenvalue weighted by atomic mass is 10.1. The van der Waals surface area contributed by atoms with Gasteiger partial charge in [0.25, 0.3) is 0 Å². The highest BCUT2D eigenvalue weighted by molar-refractivity contribution is 9.10. The summed E-state index contributed by atoms with van der Waals surface area (Å²) in [6.45, 7) is 2.41. The minimum absolute atomic E-state index is 0.0917. The minimum Gasteiger partial charge on any atom is -0.477 e. The van der Waals surface area contributed by atoms with Crippen LogP contribution in [-0.2, 0) is 0 Å². The number of fused-ring (bicyclic) bond motifs is 1. The van der Waals surface area contributed by atoms with Gasteiger partial charge in [-0.3, -0.25) is 0 Å². The highest BCUT2D eigenvalue weighted by Gasteiger charge is 2.14. The molecule has 0 aliphatic rings. The second-order valence-corrected chi connectivity index (χ2v) is 4.75. The van der Waals surface area contributed by atoms with E-state index in [1.54, 1.807) is 6.07 Å². The maximum absolute atomic E-state index is 11.2. The van der Waals surface area contributed by atoms with E-state index in [-0.39, 0.29) is 11.4 Å². The molecule has 1 N–H and O–H groups in total. The number of pyridine rings is 1. The van der Waals surface area contributed by atoms with Gasteiger partial charge in [-0.05, 0) is 30.7 Å². The molecule has 0 atom stereocenters. The zero-order valence-electron chi connectivity index (χ0n) is 9.81. The number of carbonyl (C=O) groups is 1. The molecule has 1 aromatic heterocycles. The van der Waals surface area contributed by atoms with Crippen LogP contribution in [0.3, 0.4) is 0 Å². The first kappa shape index (κ1) is 12.8. The zero-order valence-corrected chi connectivity index (χ0v) is 11.4. The number of carboxylic acids is 1. The molecule has 0 aliphatic heterocycles. The molecule has 0 fully saturated rings. The largest absolute Gasteiger partial charge is 0.477 e. The Kier molecular flexibility index (Phi) is 3.81. The highest BCUT2D eigenvalue weighted by atomic mass is 79.9. The number of hydrogen-bond acceptors (Lipinski definition) is 3. The fourth-order valence-electron chi connectivity index (χ4n) is 1.59. The second kappa shape index (κ2) is 5.35. The van der Waals surface area contributed by atoms with Crippen molar-refractivity contribution in [3.05, 3.63) is 34.3 Å². The second-order valence-electron chi connectivity index (χ2n) is 3.83. The lowest BCUT2D eigenvalue weighted by molar-refractivity contribution is 0.0691. The van der Waals surface area contributed by atoms with Gasteiger partial charge in [-0.25, -0.2) is 9.78 Å². The molecule has 0 saturated heterocycles. The third-order valence-corrected chi connectivity index (χ3v) is 2.91. The predicted molar refractivity (Wildman–Crippen MR) is 72.2 cm³/mol. The molecular formula is C13H12BrNO3. The maximum atomic E-state index is 11.2. The first-order valence-electron chi connectivity index (χ1n) is 5.58. The van der Waals surface area contributed by atoms with Crippen LogP contribution in [0.5, 0.6) is 5.88 Å². The van der Waals surface area contributed by atoms with E-state index in [9.17, 15) is 4.79 Å². The Morgan fingerprint density at radius 3 is 2.89 bits per heavy atom. The van der Waals surface area contributed by atoms with Gasteiger partial charge in [0.2, 0.25) is 5.88 Å². The Bertz CT molecular complexity index is 598. The van der Waals surface area contributed by atoms with Crippen molar-refractivity contribution in [1.82, 2.24) is 4.98 Å². The number of benzene rings is 1. The molecular weight excluding hydrogens is 298 g/mol. The van der Waals surface area contributed by atoms with Crippen molar-refractivity contribution in [2.24, 2.45) is 0 Å². The van der Waals surface area contributed by atoms with E-state index in [1.807, 2.05) is 25.1 Å². The molecule has 4 nitrogen and oxygen atoms in total. The molecule has 0 amide bonds. The fraction of sp³-hybridized carbons (Fsp3) is 0.231. The van der Waals surface area contributed by atoms with Crippen molar-refractivity contribution in [2.75, 3.05) is 6.61 Å². The summed E-state index contributed by atoms with van der Waals surface area (Å²) in [4.78, 5) is 15.4. The van der Waals surface area contributed by atoms with Crippen molar-refractivity contribution < 1.29 is 14.6 Å². The molecule has 94 valence electrons. The first-order valence-corrected chi connectivity index (χ1v) is 6.37. The van der Waals surface area contributed by atoms with Gasteiger partial charge in [-0.1, -0.05) is 22.9 Å². The minimum atomic E-state index is -1.03. The van der Waals surface area contributed by atoms with Gasteiger partial charge in [-0.2, -0.15) is 0 Å². The Morgan fingerprint density at radius 2 is 2.22 bits per heavy atom. The van der Waals surface area contributed by atoms with Gasteiger partial charge < -0.3 is 9.84 Å². The lowest BCUT2D eigenvalue weighted by Crippen LogP contribution is -2.06. The molecule has 0 radical (unpaired) electrons. The summed E-state index contributed by atoms with van der Waals surface area (Å²) in [5.74, 6) is -0.852. The summed E-state index contributed by atoms with van der Waals surface area (Å²) in [6.07, 6.45) is 0.805. The van der Waals surface area contributed by atoms with Gasteiger partial charge in [0.05, 0.1) is 12.1 Å². The summed E-state index contributed by atoms with van der Waals surface area (Å²) in [7, 11) is 0. The molecule has 2 rings (SSSR count). The van der Waals surface area contributed by atoms with Crippen LogP contribution in [0.25, 0.3) is 10.9 Å². The number of aromatic nitrogens is 1. The van der Waals surface area contributed by atoms with Crippen LogP contribution >= 0.6 is 15.9 Å². The summed E-state index contributed by atoms with van der Waals surface area (Å²) in [5, 5.41) is 9.93. The summed E-state index contributed by atoms with van der Waals surface area (Å²) < 4.78 is 6.27. The summed E-state index contributed by atoms with van der Waals surface area (Å²) in [6, 6.07) is 7.10. The van der Waals surface area contributed by atoms with Gasteiger partial charge >= 0.3 is 5.97 Å². The number of hydrogen-bond donors (Lipinski definition) is 1. The summed E-state index contributed by atoms with van der Waals surface area (Å²) in [5.41, 5.74) is 0.809. The van der Waals surface area contributed by atoms with Gasteiger partial charge in [0.1, 0.15) is 5.56 Å². The molecule has 5 heteroatoms. The molecule has 2 aromatic rings. The van der Waals surface area contributed by atoms with E-state index >= 15 is 0 Å². The van der Waals surface area contributed by atoms with Crippen molar-refractivity contribution >= 4 is 32.8 Å². The normalized spacial score (nSPS) is 10.6. The van der Waals surface area contributed by atoms with E-state index in [1.165, 1.54) is 0 Å². The number of carboxylic acid groups (broad SMARTS) is 1. The van der Waals surface area contributed by atoms with E-state index in [0.29, 0.717) is 12.1 Å². The van der Waals surface area contributed by atoms with Gasteiger partial charge in [0.15, 0.2) is 0 Å². The van der Waals surface area contributed by atoms with Gasteiger partial charge in [-0.15, -0.1) is 0 Å². The number of nitrogens with zero attached hydrogens (tertiary/aromatic N) is 1. The first-order chi connectivity index (χ1) is 8.61. The monoisotopic (exact) mass is 309 g/mol. The maximum Gasteiger partial charge on any atom is 0.341 e. The van der Waals surface area contributed by atoms with Crippen molar-refractivity contribution in [3.8, 4) is 5.88 Å². The van der Waals surface area contributed by atoms with Crippen LogP contribution in [-0.4, -0.2) is 22.7 Å². The molecule has 1 aromatic carbocycles. The van der Waals surface area contributed by atoms with Crippen molar-refractivity contribution in [2.45, 2.75) is 13.3 Å².